The van der Waals surface area contributed by atoms with Crippen LogP contribution in [-0.2, 0) is 26.2 Å². The smallest absolute Gasteiger partial charge is 0.237 e. The van der Waals surface area contributed by atoms with Crippen LogP contribution < -0.4 is 9.46 Å². The number of sulfonamides is 1. The number of ether oxygens (including phenoxy) is 1. The standard InChI is InChI=1S/C19H27N3O5S/c1-27-16-6-3-5-15(11-16)13-21-9-4-7-19(18(21)24)8-10-22(14-19)17(23)12-20-28(2,25)26/h3,5-6,11,20H,4,7-10,12-14H2,1-2H3/t19-/m1/s1. The van der Waals surface area contributed by atoms with Gasteiger partial charge in [-0.3, -0.25) is 9.59 Å². The largest absolute Gasteiger partial charge is 0.497 e. The van der Waals surface area contributed by atoms with E-state index in [0.717, 1.165) is 30.4 Å². The first-order valence-corrected chi connectivity index (χ1v) is 11.3. The van der Waals surface area contributed by atoms with Crippen LogP contribution in [0.1, 0.15) is 24.8 Å². The summed E-state index contributed by atoms with van der Waals surface area (Å²) in [5.41, 5.74) is 0.450. The zero-order chi connectivity index (χ0) is 20.4. The summed E-state index contributed by atoms with van der Waals surface area (Å²) < 4.78 is 29.9. The lowest BCUT2D eigenvalue weighted by molar-refractivity contribution is -0.146. The Kier molecular flexibility index (Phi) is 5.95. The molecule has 0 unspecified atom stereocenters. The first-order valence-electron chi connectivity index (χ1n) is 9.37. The van der Waals surface area contributed by atoms with Crippen LogP contribution in [0.5, 0.6) is 5.75 Å². The van der Waals surface area contributed by atoms with Crippen molar-refractivity contribution in [1.82, 2.24) is 14.5 Å². The molecule has 2 aliphatic rings. The molecule has 1 atom stereocenters. The number of piperidine rings is 1. The first kappa shape index (κ1) is 20.6. The van der Waals surface area contributed by atoms with Crippen molar-refractivity contribution in [2.24, 2.45) is 5.41 Å². The number of carbonyl (C=O) groups excluding carboxylic acids is 2. The lowest BCUT2D eigenvalue weighted by Gasteiger charge is -2.39. The van der Waals surface area contributed by atoms with Crippen molar-refractivity contribution in [3.63, 3.8) is 0 Å². The summed E-state index contributed by atoms with van der Waals surface area (Å²) in [7, 11) is -1.81. The molecule has 8 nitrogen and oxygen atoms in total. The van der Waals surface area contributed by atoms with Crippen molar-refractivity contribution in [3.05, 3.63) is 29.8 Å². The molecular formula is C19H27N3O5S. The van der Waals surface area contributed by atoms with Crippen molar-refractivity contribution in [2.45, 2.75) is 25.8 Å². The van der Waals surface area contributed by atoms with Crippen molar-refractivity contribution < 1.29 is 22.7 Å². The molecule has 154 valence electrons. The number of rotatable bonds is 6. The van der Waals surface area contributed by atoms with Gasteiger partial charge in [0.1, 0.15) is 5.75 Å². The van der Waals surface area contributed by atoms with Gasteiger partial charge in [0.2, 0.25) is 21.8 Å². The predicted molar refractivity (Wildman–Crippen MR) is 104 cm³/mol. The molecule has 0 radical (unpaired) electrons. The zero-order valence-electron chi connectivity index (χ0n) is 16.3. The van der Waals surface area contributed by atoms with Crippen molar-refractivity contribution >= 4 is 21.8 Å². The molecule has 1 N–H and O–H groups in total. The molecule has 2 heterocycles. The molecular weight excluding hydrogens is 382 g/mol. The molecule has 1 aromatic carbocycles. The third-order valence-electron chi connectivity index (χ3n) is 5.52. The highest BCUT2D eigenvalue weighted by atomic mass is 32.2. The summed E-state index contributed by atoms with van der Waals surface area (Å²) in [6, 6.07) is 7.67. The fourth-order valence-corrected chi connectivity index (χ4v) is 4.45. The van der Waals surface area contributed by atoms with E-state index >= 15 is 0 Å². The molecule has 2 fully saturated rings. The number of carbonyl (C=O) groups is 2. The Morgan fingerprint density at radius 2 is 2.07 bits per heavy atom. The zero-order valence-corrected chi connectivity index (χ0v) is 17.1. The number of benzene rings is 1. The highest BCUT2D eigenvalue weighted by Gasteiger charge is 2.49. The monoisotopic (exact) mass is 409 g/mol. The molecule has 0 aliphatic carbocycles. The molecule has 2 saturated heterocycles. The van der Waals surface area contributed by atoms with Crippen LogP contribution in [0.25, 0.3) is 0 Å². The van der Waals surface area contributed by atoms with Gasteiger partial charge in [0.05, 0.1) is 25.3 Å². The van der Waals surface area contributed by atoms with Crippen LogP contribution in [0.4, 0.5) is 0 Å². The van der Waals surface area contributed by atoms with Gasteiger partial charge in [-0.05, 0) is 37.0 Å². The van der Waals surface area contributed by atoms with Crippen LogP contribution in [0.3, 0.4) is 0 Å². The third kappa shape index (κ3) is 4.64. The van der Waals surface area contributed by atoms with E-state index in [-0.39, 0.29) is 18.4 Å². The van der Waals surface area contributed by atoms with Gasteiger partial charge in [0.25, 0.3) is 0 Å². The van der Waals surface area contributed by atoms with E-state index in [0.29, 0.717) is 32.6 Å². The molecule has 2 amide bonds. The van der Waals surface area contributed by atoms with E-state index in [1.807, 2.05) is 29.2 Å². The number of nitrogens with one attached hydrogen (secondary N) is 1. The lowest BCUT2D eigenvalue weighted by atomic mass is 9.78. The van der Waals surface area contributed by atoms with Crippen LogP contribution >= 0.6 is 0 Å². The molecule has 28 heavy (non-hydrogen) atoms. The van der Waals surface area contributed by atoms with Crippen molar-refractivity contribution in [2.75, 3.05) is 39.5 Å². The summed E-state index contributed by atoms with van der Waals surface area (Å²) in [5.74, 6) is 0.542. The van der Waals surface area contributed by atoms with Gasteiger partial charge < -0.3 is 14.5 Å². The van der Waals surface area contributed by atoms with Gasteiger partial charge in [-0.15, -0.1) is 0 Å². The van der Waals surface area contributed by atoms with E-state index in [9.17, 15) is 18.0 Å². The Labute approximate surface area is 165 Å². The van der Waals surface area contributed by atoms with E-state index < -0.39 is 15.4 Å². The second kappa shape index (κ2) is 8.08. The summed E-state index contributed by atoms with van der Waals surface area (Å²) in [5, 5.41) is 0. The van der Waals surface area contributed by atoms with E-state index in [1.165, 1.54) is 0 Å². The van der Waals surface area contributed by atoms with Crippen molar-refractivity contribution in [1.29, 1.82) is 0 Å². The summed E-state index contributed by atoms with van der Waals surface area (Å²) in [6.07, 6.45) is 3.28. The lowest BCUT2D eigenvalue weighted by Crippen LogP contribution is -2.50. The fourth-order valence-electron chi connectivity index (χ4n) is 4.06. The highest BCUT2D eigenvalue weighted by molar-refractivity contribution is 7.88. The van der Waals surface area contributed by atoms with Gasteiger partial charge in [0, 0.05) is 26.2 Å². The SMILES string of the molecule is COc1cccc(CN2CCC[C@]3(CCN(C(=O)CNS(C)(=O)=O)C3)C2=O)c1. The predicted octanol–water partition coefficient (Wildman–Crippen LogP) is 0.586. The number of methoxy groups -OCH3 is 1. The van der Waals surface area contributed by atoms with Gasteiger partial charge in [0.15, 0.2) is 0 Å². The minimum absolute atomic E-state index is 0.0768. The van der Waals surface area contributed by atoms with Crippen molar-refractivity contribution in [3.8, 4) is 5.75 Å². The molecule has 2 aliphatic heterocycles. The molecule has 0 aromatic heterocycles. The Bertz CT molecular complexity index is 857. The minimum atomic E-state index is -3.42. The van der Waals surface area contributed by atoms with E-state index in [2.05, 4.69) is 4.72 Å². The van der Waals surface area contributed by atoms with E-state index in [4.69, 9.17) is 4.74 Å². The van der Waals surface area contributed by atoms with Gasteiger partial charge >= 0.3 is 0 Å². The Morgan fingerprint density at radius 3 is 2.79 bits per heavy atom. The summed E-state index contributed by atoms with van der Waals surface area (Å²) in [6.45, 7) is 1.77. The number of amides is 2. The number of hydrogen-bond donors (Lipinski definition) is 1. The van der Waals surface area contributed by atoms with E-state index in [1.54, 1.807) is 12.0 Å². The van der Waals surface area contributed by atoms with Crippen LogP contribution in [0.15, 0.2) is 24.3 Å². The molecule has 0 saturated carbocycles. The fraction of sp³-hybridized carbons (Fsp3) is 0.579. The quantitative estimate of drug-likeness (QED) is 0.742. The molecule has 9 heteroatoms. The van der Waals surface area contributed by atoms with Gasteiger partial charge in [-0.1, -0.05) is 12.1 Å². The van der Waals surface area contributed by atoms with Crippen LogP contribution in [0, 0.1) is 5.41 Å². The topological polar surface area (TPSA) is 96.0 Å². The Morgan fingerprint density at radius 1 is 1.29 bits per heavy atom. The number of likely N-dealkylation sites (tertiary alicyclic amines) is 2. The maximum Gasteiger partial charge on any atom is 0.237 e. The minimum Gasteiger partial charge on any atom is -0.497 e. The van der Waals surface area contributed by atoms with Gasteiger partial charge in [-0.25, -0.2) is 13.1 Å². The first-order chi connectivity index (χ1) is 13.2. The average Bonchev–Trinajstić information content (AvgIpc) is 3.08. The Balaban J connectivity index is 1.65. The molecule has 3 rings (SSSR count). The molecule has 0 bridgehead atoms. The second-order valence-electron chi connectivity index (χ2n) is 7.62. The maximum absolute atomic E-state index is 13.2. The van der Waals surface area contributed by atoms with Crippen LogP contribution in [-0.4, -0.2) is 69.6 Å². The summed E-state index contributed by atoms with van der Waals surface area (Å²) in [4.78, 5) is 29.0. The second-order valence-corrected chi connectivity index (χ2v) is 9.45. The average molecular weight is 410 g/mol. The third-order valence-corrected chi connectivity index (χ3v) is 6.19. The van der Waals surface area contributed by atoms with Gasteiger partial charge in [-0.2, -0.15) is 0 Å². The number of hydrogen-bond acceptors (Lipinski definition) is 5. The molecule has 1 aromatic rings. The molecule has 1 spiro atoms. The normalized spacial score (nSPS) is 22.7. The summed E-state index contributed by atoms with van der Waals surface area (Å²) >= 11 is 0. The van der Waals surface area contributed by atoms with Crippen LogP contribution in [0.2, 0.25) is 0 Å². The maximum atomic E-state index is 13.2. The Hall–Kier alpha value is -2.13. The number of nitrogens with zero attached hydrogens (tertiary/aromatic N) is 2. The highest BCUT2D eigenvalue weighted by Crippen LogP contribution is 2.40.